The summed E-state index contributed by atoms with van der Waals surface area (Å²) in [6.45, 7) is 4.53. The van der Waals surface area contributed by atoms with E-state index in [1.807, 2.05) is 35.9 Å². The Labute approximate surface area is 305 Å². The summed E-state index contributed by atoms with van der Waals surface area (Å²) in [6.07, 6.45) is 0.136. The van der Waals surface area contributed by atoms with Crippen LogP contribution in [-0.2, 0) is 37.9 Å². The minimum atomic E-state index is -4.41. The van der Waals surface area contributed by atoms with Crippen LogP contribution >= 0.6 is 11.8 Å². The second-order valence-corrected chi connectivity index (χ2v) is 14.5. The second-order valence-electron chi connectivity index (χ2n) is 13.5. The number of rotatable bonds is 13. The molecule has 6 rings (SSSR count). The third-order valence-electron chi connectivity index (χ3n) is 9.70. The number of amidine groups is 2. The van der Waals surface area contributed by atoms with Gasteiger partial charge in [0.25, 0.3) is 5.56 Å². The van der Waals surface area contributed by atoms with Crippen LogP contribution in [-0.4, -0.2) is 75.7 Å². The van der Waals surface area contributed by atoms with Gasteiger partial charge >= 0.3 is 6.18 Å². The fraction of sp³-hybridized carbons (Fsp3) is 0.385. The van der Waals surface area contributed by atoms with E-state index in [0.29, 0.717) is 41.4 Å². The molecule has 3 aromatic carbocycles. The molecule has 0 amide bonds. The van der Waals surface area contributed by atoms with Gasteiger partial charge in [-0.05, 0) is 98.8 Å². The molecule has 0 saturated carbocycles. The molecule has 4 aromatic rings. The third kappa shape index (κ3) is 9.36. The van der Waals surface area contributed by atoms with Crippen LogP contribution < -0.4 is 5.56 Å². The molecule has 1 fully saturated rings. The zero-order chi connectivity index (χ0) is 36.8. The van der Waals surface area contributed by atoms with Crippen molar-refractivity contribution in [3.05, 3.63) is 117 Å². The number of halogens is 4. The van der Waals surface area contributed by atoms with Crippen LogP contribution in [0.3, 0.4) is 0 Å². The highest BCUT2D eigenvalue weighted by Gasteiger charge is 2.30. The van der Waals surface area contributed by atoms with Crippen LogP contribution in [0.25, 0.3) is 11.1 Å². The molecule has 13 heteroatoms. The van der Waals surface area contributed by atoms with Gasteiger partial charge in [-0.15, -0.1) is 0 Å². The Bertz CT molecular complexity index is 1920. The number of likely N-dealkylation sites (tertiary alicyclic amines) is 1. The Morgan fingerprint density at radius 2 is 1.50 bits per heavy atom. The molecule has 0 spiro atoms. The number of hydrogen-bond donors (Lipinski definition) is 2. The molecule has 2 aliphatic rings. The number of aromatic nitrogens is 2. The van der Waals surface area contributed by atoms with Crippen molar-refractivity contribution >= 4 is 23.4 Å². The van der Waals surface area contributed by atoms with Gasteiger partial charge in [-0.25, -0.2) is 4.39 Å². The quantitative estimate of drug-likeness (QED) is 0.0492. The van der Waals surface area contributed by atoms with E-state index >= 15 is 0 Å². The van der Waals surface area contributed by atoms with Crippen LogP contribution in [0.4, 0.5) is 17.6 Å². The van der Waals surface area contributed by atoms with Crippen LogP contribution in [0.1, 0.15) is 47.2 Å². The lowest BCUT2D eigenvalue weighted by molar-refractivity contribution is -0.137. The molecule has 274 valence electrons. The molecule has 0 atom stereocenters. The highest BCUT2D eigenvalue weighted by Crippen LogP contribution is 2.31. The van der Waals surface area contributed by atoms with Crippen LogP contribution in [0.5, 0.6) is 0 Å². The van der Waals surface area contributed by atoms with Crippen molar-refractivity contribution in [3.63, 3.8) is 0 Å². The summed E-state index contributed by atoms with van der Waals surface area (Å²) < 4.78 is 54.8. The fourth-order valence-electron chi connectivity index (χ4n) is 6.75. The normalized spacial score (nSPS) is 14.6. The lowest BCUT2D eigenvalue weighted by atomic mass is 10.0. The molecule has 1 aliphatic carbocycles. The summed E-state index contributed by atoms with van der Waals surface area (Å²) >= 11 is 1.37. The average Bonchev–Trinajstić information content (AvgIpc) is 3.84. The highest BCUT2D eigenvalue weighted by atomic mass is 32.2. The van der Waals surface area contributed by atoms with Crippen molar-refractivity contribution < 1.29 is 17.6 Å². The molecule has 2 heterocycles. The zero-order valence-corrected chi connectivity index (χ0v) is 30.0. The Kier molecular flexibility index (Phi) is 11.9. The van der Waals surface area contributed by atoms with Crippen LogP contribution in [0, 0.1) is 16.6 Å². The highest BCUT2D eigenvalue weighted by molar-refractivity contribution is 7.98. The van der Waals surface area contributed by atoms with Crippen molar-refractivity contribution in [3.8, 4) is 11.1 Å². The molecular weight excluding hydrogens is 691 g/mol. The van der Waals surface area contributed by atoms with Crippen LogP contribution in [0.2, 0.25) is 0 Å². The minimum Gasteiger partial charge on any atom is -0.317 e. The first-order valence-electron chi connectivity index (χ1n) is 17.5. The van der Waals surface area contributed by atoms with Gasteiger partial charge in [0.1, 0.15) is 17.5 Å². The van der Waals surface area contributed by atoms with Crippen molar-refractivity contribution in [2.45, 2.75) is 62.3 Å². The largest absolute Gasteiger partial charge is 0.416 e. The molecule has 0 radical (unpaired) electrons. The molecule has 0 unspecified atom stereocenters. The molecular formula is C39H43F4N7OS. The first kappa shape index (κ1) is 37.4. The zero-order valence-electron chi connectivity index (χ0n) is 29.2. The predicted molar refractivity (Wildman–Crippen MR) is 198 cm³/mol. The fourth-order valence-corrected chi connectivity index (χ4v) is 7.72. The Morgan fingerprint density at radius 3 is 2.15 bits per heavy atom. The summed E-state index contributed by atoms with van der Waals surface area (Å²) in [4.78, 5) is 23.7. The summed E-state index contributed by atoms with van der Waals surface area (Å²) in [6, 6.07) is 18.7. The Morgan fingerprint density at radius 1 is 0.865 bits per heavy atom. The molecule has 0 bridgehead atoms. The van der Waals surface area contributed by atoms with Crippen molar-refractivity contribution in [1.29, 1.82) is 10.8 Å². The lowest BCUT2D eigenvalue weighted by Gasteiger charge is -2.30. The first-order chi connectivity index (χ1) is 24.9. The number of nitrogens with one attached hydrogen (secondary N) is 2. The molecule has 1 saturated heterocycles. The monoisotopic (exact) mass is 733 g/mol. The number of likely N-dealkylation sites (N-methyl/N-ethyl adjacent to an activating group) is 1. The molecule has 1 aliphatic heterocycles. The van der Waals surface area contributed by atoms with E-state index in [1.54, 1.807) is 17.0 Å². The molecule has 2 N–H and O–H groups in total. The van der Waals surface area contributed by atoms with E-state index in [0.717, 1.165) is 67.1 Å². The maximum absolute atomic E-state index is 13.5. The van der Waals surface area contributed by atoms with Crippen molar-refractivity contribution in [2.75, 3.05) is 39.8 Å². The SMILES string of the molecule is CN(CCN1CCCC1)CC(=N)N(Cc1ccc(-c2ccc(C(F)(F)F)cc2)cc1)C(=N)Cn1c(SCc2ccc(F)cc2)nc(=O)c2c1CCC2. The number of benzene rings is 3. The van der Waals surface area contributed by atoms with Gasteiger partial charge in [0, 0.05) is 30.1 Å². The number of nitrogens with zero attached hydrogens (tertiary/aromatic N) is 5. The number of fused-ring (bicyclic) bond motifs is 1. The Hall–Kier alpha value is -4.33. The van der Waals surface area contributed by atoms with E-state index in [2.05, 4.69) is 14.8 Å². The summed E-state index contributed by atoms with van der Waals surface area (Å²) in [7, 11) is 1.98. The van der Waals surface area contributed by atoms with E-state index in [9.17, 15) is 33.2 Å². The maximum Gasteiger partial charge on any atom is 0.416 e. The van der Waals surface area contributed by atoms with Gasteiger partial charge in [-0.2, -0.15) is 18.2 Å². The topological polar surface area (TPSA) is 92.3 Å². The van der Waals surface area contributed by atoms with E-state index in [1.165, 1.54) is 48.9 Å². The molecule has 8 nitrogen and oxygen atoms in total. The number of thioether (sulfide) groups is 1. The summed E-state index contributed by atoms with van der Waals surface area (Å²) in [5.41, 5.74) is 3.69. The molecule has 52 heavy (non-hydrogen) atoms. The van der Waals surface area contributed by atoms with E-state index < -0.39 is 11.7 Å². The van der Waals surface area contributed by atoms with Crippen molar-refractivity contribution in [2.24, 2.45) is 0 Å². The minimum absolute atomic E-state index is 0.102. The van der Waals surface area contributed by atoms with Crippen LogP contribution in [0.15, 0.2) is 82.7 Å². The average molecular weight is 734 g/mol. The van der Waals surface area contributed by atoms with E-state index in [4.69, 9.17) is 0 Å². The number of hydrogen-bond acceptors (Lipinski definition) is 7. The number of alkyl halides is 3. The van der Waals surface area contributed by atoms with E-state index in [-0.39, 0.29) is 36.1 Å². The van der Waals surface area contributed by atoms with Gasteiger partial charge in [0.15, 0.2) is 5.16 Å². The van der Waals surface area contributed by atoms with Gasteiger partial charge in [0.05, 0.1) is 25.2 Å². The van der Waals surface area contributed by atoms with Gasteiger partial charge in [-0.3, -0.25) is 20.5 Å². The molecule has 1 aromatic heterocycles. The third-order valence-corrected chi connectivity index (χ3v) is 10.7. The smallest absolute Gasteiger partial charge is 0.317 e. The second kappa shape index (κ2) is 16.6. The standard InChI is InChI=1S/C39H43F4N7OS/c1-47(21-22-48-19-2-3-20-48)24-35(44)50(23-27-7-11-29(12-8-27)30-13-15-31(16-14-30)39(41,42)43)36(45)25-49-34-6-4-5-33(34)37(51)46-38(49)52-26-28-9-17-32(40)18-10-28/h7-18,44-45H,2-6,19-26H2,1H3. The van der Waals surface area contributed by atoms with Gasteiger partial charge in [-0.1, -0.05) is 60.3 Å². The van der Waals surface area contributed by atoms with Gasteiger partial charge < -0.3 is 14.4 Å². The Balaban J connectivity index is 1.24. The first-order valence-corrected chi connectivity index (χ1v) is 18.5. The maximum atomic E-state index is 13.5. The predicted octanol–water partition coefficient (Wildman–Crippen LogP) is 7.33. The van der Waals surface area contributed by atoms with Gasteiger partial charge in [0.2, 0.25) is 0 Å². The lowest BCUT2D eigenvalue weighted by Crippen LogP contribution is -2.44. The summed E-state index contributed by atoms with van der Waals surface area (Å²) in [5, 5.41) is 19.1. The van der Waals surface area contributed by atoms with Crippen molar-refractivity contribution in [1.82, 2.24) is 24.3 Å². The summed E-state index contributed by atoms with van der Waals surface area (Å²) in [5.74, 6) is 0.568.